The third kappa shape index (κ3) is 3.38. The molecule has 2 aromatic carbocycles. The molecule has 100 valence electrons. The minimum Gasteiger partial charge on any atom is -0.494 e. The van der Waals surface area contributed by atoms with E-state index in [9.17, 15) is 8.78 Å². The van der Waals surface area contributed by atoms with Gasteiger partial charge in [-0.1, -0.05) is 6.07 Å². The number of rotatable bonds is 4. The predicted octanol–water partition coefficient (Wildman–Crippen LogP) is 3.85. The Balaban J connectivity index is 2.08. The lowest BCUT2D eigenvalue weighted by molar-refractivity contribution is 0.386. The molecule has 5 heteroatoms. The molecule has 0 radical (unpaired) electrons. The van der Waals surface area contributed by atoms with Gasteiger partial charge in [-0.05, 0) is 35.9 Å². The van der Waals surface area contributed by atoms with Crippen LogP contribution in [0.3, 0.4) is 0 Å². The third-order valence-corrected chi connectivity index (χ3v) is 3.69. The summed E-state index contributed by atoms with van der Waals surface area (Å²) in [5, 5.41) is 0. The maximum Gasteiger partial charge on any atom is 0.165 e. The molecular formula is C14H13F2NOS. The molecule has 0 unspecified atom stereocenters. The first kappa shape index (κ1) is 13.7. The first-order valence-electron chi connectivity index (χ1n) is 5.60. The van der Waals surface area contributed by atoms with E-state index in [1.807, 2.05) is 0 Å². The summed E-state index contributed by atoms with van der Waals surface area (Å²) in [7, 11) is 1.41. The molecule has 2 N–H and O–H groups in total. The SMILES string of the molecule is COc1ccc(CSc2ccc(N)cc2F)cc1F. The van der Waals surface area contributed by atoms with E-state index >= 15 is 0 Å². The molecule has 0 amide bonds. The normalized spacial score (nSPS) is 10.5. The Morgan fingerprint density at radius 2 is 1.89 bits per heavy atom. The Kier molecular flexibility index (Phi) is 4.27. The van der Waals surface area contributed by atoms with Crippen LogP contribution in [-0.2, 0) is 5.75 Å². The van der Waals surface area contributed by atoms with Crippen LogP contribution in [0.2, 0.25) is 0 Å². The third-order valence-electron chi connectivity index (χ3n) is 2.57. The monoisotopic (exact) mass is 281 g/mol. The van der Waals surface area contributed by atoms with Crippen LogP contribution in [-0.4, -0.2) is 7.11 Å². The molecule has 0 fully saturated rings. The standard InChI is InChI=1S/C14H13F2NOS/c1-18-13-4-2-9(6-11(13)15)8-19-14-5-3-10(17)7-12(14)16/h2-7H,8,17H2,1H3. The molecule has 0 aliphatic rings. The van der Waals surface area contributed by atoms with Gasteiger partial charge >= 0.3 is 0 Å². The summed E-state index contributed by atoms with van der Waals surface area (Å²) in [5.41, 5.74) is 6.62. The Labute approximate surface area is 114 Å². The van der Waals surface area contributed by atoms with Crippen molar-refractivity contribution in [2.24, 2.45) is 0 Å². The van der Waals surface area contributed by atoms with E-state index in [1.54, 1.807) is 24.3 Å². The van der Waals surface area contributed by atoms with E-state index in [0.717, 1.165) is 5.56 Å². The molecule has 0 aromatic heterocycles. The van der Waals surface area contributed by atoms with Gasteiger partial charge in [0.25, 0.3) is 0 Å². The maximum atomic E-state index is 13.6. The molecule has 2 nitrogen and oxygen atoms in total. The van der Waals surface area contributed by atoms with Crippen LogP contribution in [0.25, 0.3) is 0 Å². The van der Waals surface area contributed by atoms with Crippen LogP contribution in [0, 0.1) is 11.6 Å². The number of thioether (sulfide) groups is 1. The van der Waals surface area contributed by atoms with Crippen LogP contribution in [0.15, 0.2) is 41.3 Å². The molecule has 0 heterocycles. The van der Waals surface area contributed by atoms with E-state index in [0.29, 0.717) is 16.3 Å². The Bertz CT molecular complexity index is 590. The highest BCUT2D eigenvalue weighted by Crippen LogP contribution is 2.28. The van der Waals surface area contributed by atoms with Gasteiger partial charge in [-0.15, -0.1) is 11.8 Å². The molecular weight excluding hydrogens is 268 g/mol. The molecule has 19 heavy (non-hydrogen) atoms. The molecule has 0 atom stereocenters. The largest absolute Gasteiger partial charge is 0.494 e. The number of halogens is 2. The van der Waals surface area contributed by atoms with Crippen LogP contribution in [0.1, 0.15) is 5.56 Å². The summed E-state index contributed by atoms with van der Waals surface area (Å²) in [6.07, 6.45) is 0. The predicted molar refractivity (Wildman–Crippen MR) is 73.3 cm³/mol. The van der Waals surface area contributed by atoms with Crippen molar-refractivity contribution in [1.82, 2.24) is 0 Å². The number of nitrogen functional groups attached to an aromatic ring is 1. The van der Waals surface area contributed by atoms with Gasteiger partial charge in [0.15, 0.2) is 11.6 Å². The number of hydrogen-bond donors (Lipinski definition) is 1. The van der Waals surface area contributed by atoms with Crippen molar-refractivity contribution in [3.05, 3.63) is 53.6 Å². The van der Waals surface area contributed by atoms with E-state index < -0.39 is 5.82 Å². The Hall–Kier alpha value is -1.75. The van der Waals surface area contributed by atoms with E-state index in [4.69, 9.17) is 10.5 Å². The van der Waals surface area contributed by atoms with E-state index in [1.165, 1.54) is 31.0 Å². The molecule has 0 aliphatic heterocycles. The molecule has 0 spiro atoms. The molecule has 0 bridgehead atoms. The second-order valence-corrected chi connectivity index (χ2v) is 4.96. The second kappa shape index (κ2) is 5.93. The van der Waals surface area contributed by atoms with Crippen molar-refractivity contribution in [2.75, 3.05) is 12.8 Å². The summed E-state index contributed by atoms with van der Waals surface area (Å²) in [5.74, 6) is -0.105. The lowest BCUT2D eigenvalue weighted by Gasteiger charge is -2.06. The first-order chi connectivity index (χ1) is 9.10. The lowest BCUT2D eigenvalue weighted by atomic mass is 10.2. The average molecular weight is 281 g/mol. The molecule has 2 aromatic rings. The highest BCUT2D eigenvalue weighted by molar-refractivity contribution is 7.98. The zero-order chi connectivity index (χ0) is 13.8. The molecule has 0 saturated carbocycles. The van der Waals surface area contributed by atoms with Crippen molar-refractivity contribution in [3.63, 3.8) is 0 Å². The number of anilines is 1. The van der Waals surface area contributed by atoms with Gasteiger partial charge < -0.3 is 10.5 Å². The Morgan fingerprint density at radius 3 is 2.53 bits per heavy atom. The number of ether oxygens (including phenoxy) is 1. The highest BCUT2D eigenvalue weighted by atomic mass is 32.2. The van der Waals surface area contributed by atoms with Crippen molar-refractivity contribution in [3.8, 4) is 5.75 Å². The van der Waals surface area contributed by atoms with Crippen molar-refractivity contribution in [2.45, 2.75) is 10.6 Å². The van der Waals surface area contributed by atoms with Crippen LogP contribution in [0.5, 0.6) is 5.75 Å². The fourth-order valence-corrected chi connectivity index (χ4v) is 2.46. The summed E-state index contributed by atoms with van der Waals surface area (Å²) in [6, 6.07) is 9.24. The molecule has 0 aliphatic carbocycles. The summed E-state index contributed by atoms with van der Waals surface area (Å²) in [4.78, 5) is 0.491. The highest BCUT2D eigenvalue weighted by Gasteiger charge is 2.06. The topological polar surface area (TPSA) is 35.2 Å². The zero-order valence-corrected chi connectivity index (χ0v) is 11.1. The van der Waals surface area contributed by atoms with E-state index in [-0.39, 0.29) is 11.6 Å². The van der Waals surface area contributed by atoms with E-state index in [2.05, 4.69) is 0 Å². The first-order valence-corrected chi connectivity index (χ1v) is 6.59. The number of nitrogens with two attached hydrogens (primary N) is 1. The van der Waals surface area contributed by atoms with Crippen LogP contribution in [0.4, 0.5) is 14.5 Å². The van der Waals surface area contributed by atoms with Gasteiger partial charge in [-0.25, -0.2) is 8.78 Å². The summed E-state index contributed by atoms with van der Waals surface area (Å²) < 4.78 is 31.9. The van der Waals surface area contributed by atoms with Crippen LogP contribution >= 0.6 is 11.8 Å². The number of benzene rings is 2. The maximum absolute atomic E-state index is 13.6. The van der Waals surface area contributed by atoms with Gasteiger partial charge in [0.1, 0.15) is 5.82 Å². The minimum absolute atomic E-state index is 0.201. The number of hydrogen-bond acceptors (Lipinski definition) is 3. The zero-order valence-electron chi connectivity index (χ0n) is 10.3. The summed E-state index contributed by atoms with van der Waals surface area (Å²) >= 11 is 1.29. The smallest absolute Gasteiger partial charge is 0.165 e. The van der Waals surface area contributed by atoms with Gasteiger partial charge in [0.05, 0.1) is 7.11 Å². The quantitative estimate of drug-likeness (QED) is 0.683. The van der Waals surface area contributed by atoms with Gasteiger partial charge in [-0.2, -0.15) is 0 Å². The fraction of sp³-hybridized carbons (Fsp3) is 0.143. The summed E-state index contributed by atoms with van der Waals surface area (Å²) in [6.45, 7) is 0. The molecule has 0 saturated heterocycles. The van der Waals surface area contributed by atoms with Crippen molar-refractivity contribution in [1.29, 1.82) is 0 Å². The minimum atomic E-state index is -0.418. The average Bonchev–Trinajstić information content (AvgIpc) is 2.38. The molecule has 2 rings (SSSR count). The second-order valence-electron chi connectivity index (χ2n) is 3.95. The van der Waals surface area contributed by atoms with Gasteiger partial charge in [-0.3, -0.25) is 0 Å². The number of methoxy groups -OCH3 is 1. The lowest BCUT2D eigenvalue weighted by Crippen LogP contribution is -1.91. The van der Waals surface area contributed by atoms with Crippen LogP contribution < -0.4 is 10.5 Å². The van der Waals surface area contributed by atoms with Gasteiger partial charge in [0.2, 0.25) is 0 Å². The van der Waals surface area contributed by atoms with Crippen molar-refractivity contribution < 1.29 is 13.5 Å². The van der Waals surface area contributed by atoms with Crippen molar-refractivity contribution >= 4 is 17.4 Å². The Morgan fingerprint density at radius 1 is 1.11 bits per heavy atom. The van der Waals surface area contributed by atoms with Gasteiger partial charge in [0, 0.05) is 16.3 Å². The fourth-order valence-electron chi connectivity index (χ4n) is 1.59.